The molecule has 0 atom stereocenters. The Labute approximate surface area is 136 Å². The Kier molecular flexibility index (Phi) is 5.61. The molecule has 0 bridgehead atoms. The number of hydrogen-bond donors (Lipinski definition) is 0. The summed E-state index contributed by atoms with van der Waals surface area (Å²) < 4.78 is 0. The largest absolute Gasteiger partial charge is 0.333 e. The van der Waals surface area contributed by atoms with E-state index >= 15 is 0 Å². The highest BCUT2D eigenvalue weighted by Crippen LogP contribution is 2.21. The molecule has 2 aromatic rings. The van der Waals surface area contributed by atoms with Gasteiger partial charge in [-0.3, -0.25) is 4.79 Å². The molecule has 0 saturated carbocycles. The highest BCUT2D eigenvalue weighted by atomic mass is 32.2. The molecule has 0 aliphatic heterocycles. The molecule has 22 heavy (non-hydrogen) atoms. The van der Waals surface area contributed by atoms with E-state index in [9.17, 15) is 4.79 Å². The van der Waals surface area contributed by atoms with Gasteiger partial charge in [0.1, 0.15) is 0 Å². The number of rotatable bonds is 5. The molecule has 0 aliphatic rings. The molecule has 0 fully saturated rings. The van der Waals surface area contributed by atoms with Crippen molar-refractivity contribution in [3.05, 3.63) is 60.3 Å². The molecule has 0 N–H and O–H groups in total. The lowest BCUT2D eigenvalue weighted by molar-refractivity contribution is -0.133. The maximum absolute atomic E-state index is 12.6. The van der Waals surface area contributed by atoms with E-state index in [0.29, 0.717) is 12.3 Å². The van der Waals surface area contributed by atoms with Crippen LogP contribution in [0, 0.1) is 0 Å². The van der Waals surface area contributed by atoms with Crippen molar-refractivity contribution in [2.45, 2.75) is 37.9 Å². The van der Waals surface area contributed by atoms with E-state index in [0.717, 1.165) is 10.6 Å². The highest BCUT2D eigenvalue weighted by Gasteiger charge is 2.26. The molecule has 3 nitrogen and oxygen atoms in total. The molecular formula is C18H22N2OS. The number of hydrogen-bond acceptors (Lipinski definition) is 3. The minimum absolute atomic E-state index is 0.131. The summed E-state index contributed by atoms with van der Waals surface area (Å²) in [6.07, 6.45) is 1.75. The second-order valence-corrected chi connectivity index (χ2v) is 7.09. The lowest BCUT2D eigenvalue weighted by atomic mass is 10.0. The molecule has 0 radical (unpaired) electrons. The molecule has 0 aliphatic carbocycles. The van der Waals surface area contributed by atoms with Gasteiger partial charge in [-0.2, -0.15) is 0 Å². The number of carbonyl (C=O) groups excluding carboxylic acids is 1. The summed E-state index contributed by atoms with van der Waals surface area (Å²) in [5, 5.41) is 0.879. The average molecular weight is 314 g/mol. The predicted molar refractivity (Wildman–Crippen MR) is 91.7 cm³/mol. The second kappa shape index (κ2) is 7.45. The molecule has 0 spiro atoms. The van der Waals surface area contributed by atoms with Crippen LogP contribution < -0.4 is 0 Å². The van der Waals surface area contributed by atoms with E-state index in [1.54, 1.807) is 6.20 Å². The van der Waals surface area contributed by atoms with Gasteiger partial charge in [-0.1, -0.05) is 48.2 Å². The molecule has 2 rings (SSSR count). The maximum atomic E-state index is 12.6. The Bertz CT molecular complexity index is 593. The number of aromatic nitrogens is 1. The Morgan fingerprint density at radius 2 is 1.77 bits per heavy atom. The lowest BCUT2D eigenvalue weighted by Gasteiger charge is -2.36. The van der Waals surface area contributed by atoms with Gasteiger partial charge in [-0.05, 0) is 38.5 Å². The van der Waals surface area contributed by atoms with Gasteiger partial charge < -0.3 is 4.90 Å². The smallest absolute Gasteiger partial charge is 0.233 e. The van der Waals surface area contributed by atoms with Gasteiger partial charge in [0.25, 0.3) is 0 Å². The SMILES string of the molecule is CC(C)(C)N(Cc1ccccc1)C(=O)CSc1ccccn1. The average Bonchev–Trinajstić information content (AvgIpc) is 2.51. The van der Waals surface area contributed by atoms with E-state index in [2.05, 4.69) is 37.9 Å². The molecule has 0 unspecified atom stereocenters. The van der Waals surface area contributed by atoms with Crippen LogP contribution in [0.4, 0.5) is 0 Å². The summed E-state index contributed by atoms with van der Waals surface area (Å²) in [5.41, 5.74) is 0.936. The van der Waals surface area contributed by atoms with E-state index in [-0.39, 0.29) is 11.4 Å². The minimum Gasteiger partial charge on any atom is -0.333 e. The molecule has 1 aromatic carbocycles. The Morgan fingerprint density at radius 1 is 1.09 bits per heavy atom. The standard InChI is InChI=1S/C18H22N2OS/c1-18(2,3)20(13-15-9-5-4-6-10-15)17(21)14-22-16-11-7-8-12-19-16/h4-12H,13-14H2,1-3H3. The summed E-state index contributed by atoms with van der Waals surface area (Å²) in [4.78, 5) is 18.8. The van der Waals surface area contributed by atoms with Crippen molar-refractivity contribution >= 4 is 17.7 Å². The molecule has 4 heteroatoms. The lowest BCUT2D eigenvalue weighted by Crippen LogP contribution is -2.45. The number of nitrogens with zero attached hydrogens (tertiary/aromatic N) is 2. The third kappa shape index (κ3) is 4.88. The fraction of sp³-hybridized carbons (Fsp3) is 0.333. The number of carbonyl (C=O) groups is 1. The van der Waals surface area contributed by atoms with Crippen LogP contribution in [0.1, 0.15) is 26.3 Å². The minimum atomic E-state index is -0.211. The third-order valence-electron chi connectivity index (χ3n) is 3.28. The van der Waals surface area contributed by atoms with Crippen LogP contribution in [-0.2, 0) is 11.3 Å². The van der Waals surface area contributed by atoms with Crippen molar-refractivity contribution in [1.82, 2.24) is 9.88 Å². The Hall–Kier alpha value is -1.81. The molecule has 1 heterocycles. The number of amides is 1. The van der Waals surface area contributed by atoms with Crippen LogP contribution in [0.2, 0.25) is 0 Å². The quantitative estimate of drug-likeness (QED) is 0.782. The zero-order valence-electron chi connectivity index (χ0n) is 13.3. The topological polar surface area (TPSA) is 33.2 Å². The molecule has 1 aromatic heterocycles. The van der Waals surface area contributed by atoms with Gasteiger partial charge in [-0.25, -0.2) is 4.98 Å². The summed E-state index contributed by atoms with van der Waals surface area (Å²) >= 11 is 1.48. The number of pyridine rings is 1. The first kappa shape index (κ1) is 16.6. The van der Waals surface area contributed by atoms with Crippen molar-refractivity contribution in [2.24, 2.45) is 0 Å². The Morgan fingerprint density at radius 3 is 2.36 bits per heavy atom. The van der Waals surface area contributed by atoms with E-state index in [4.69, 9.17) is 0 Å². The zero-order valence-corrected chi connectivity index (χ0v) is 14.1. The maximum Gasteiger partial charge on any atom is 0.233 e. The van der Waals surface area contributed by atoms with Crippen LogP contribution >= 0.6 is 11.8 Å². The van der Waals surface area contributed by atoms with E-state index in [1.165, 1.54) is 11.8 Å². The van der Waals surface area contributed by atoms with Crippen molar-refractivity contribution < 1.29 is 4.79 Å². The molecular weight excluding hydrogens is 292 g/mol. The van der Waals surface area contributed by atoms with Gasteiger partial charge in [0.15, 0.2) is 0 Å². The predicted octanol–water partition coefficient (Wildman–Crippen LogP) is 4.00. The van der Waals surface area contributed by atoms with Crippen molar-refractivity contribution in [2.75, 3.05) is 5.75 Å². The third-order valence-corrected chi connectivity index (χ3v) is 4.20. The highest BCUT2D eigenvalue weighted by molar-refractivity contribution is 7.99. The van der Waals surface area contributed by atoms with Gasteiger partial charge >= 0.3 is 0 Å². The van der Waals surface area contributed by atoms with Crippen LogP contribution in [0.15, 0.2) is 59.8 Å². The van der Waals surface area contributed by atoms with Crippen molar-refractivity contribution in [3.63, 3.8) is 0 Å². The summed E-state index contributed by atoms with van der Waals surface area (Å²) in [6.45, 7) is 6.84. The van der Waals surface area contributed by atoms with Crippen molar-refractivity contribution in [1.29, 1.82) is 0 Å². The monoisotopic (exact) mass is 314 g/mol. The number of benzene rings is 1. The second-order valence-electron chi connectivity index (χ2n) is 6.09. The zero-order chi connectivity index (χ0) is 16.0. The number of thioether (sulfide) groups is 1. The summed E-state index contributed by atoms with van der Waals surface area (Å²) in [6, 6.07) is 15.8. The van der Waals surface area contributed by atoms with Crippen LogP contribution in [0.5, 0.6) is 0 Å². The van der Waals surface area contributed by atoms with Crippen molar-refractivity contribution in [3.8, 4) is 0 Å². The van der Waals surface area contributed by atoms with Crippen LogP contribution in [-0.4, -0.2) is 27.1 Å². The van der Waals surface area contributed by atoms with Crippen LogP contribution in [0.25, 0.3) is 0 Å². The van der Waals surface area contributed by atoms with E-state index in [1.807, 2.05) is 41.3 Å². The summed E-state index contributed by atoms with van der Waals surface area (Å²) in [5.74, 6) is 0.535. The van der Waals surface area contributed by atoms with Gasteiger partial charge in [0.2, 0.25) is 5.91 Å². The molecule has 0 saturated heterocycles. The van der Waals surface area contributed by atoms with Gasteiger partial charge in [0.05, 0.1) is 10.8 Å². The van der Waals surface area contributed by atoms with Crippen LogP contribution in [0.3, 0.4) is 0 Å². The summed E-state index contributed by atoms with van der Waals surface area (Å²) in [7, 11) is 0. The molecule has 1 amide bonds. The first-order valence-electron chi connectivity index (χ1n) is 7.35. The molecule has 116 valence electrons. The van der Waals surface area contributed by atoms with Gasteiger partial charge in [-0.15, -0.1) is 0 Å². The fourth-order valence-electron chi connectivity index (χ4n) is 2.11. The van der Waals surface area contributed by atoms with E-state index < -0.39 is 0 Å². The fourth-order valence-corrected chi connectivity index (χ4v) is 2.85. The first-order valence-corrected chi connectivity index (χ1v) is 8.33. The van der Waals surface area contributed by atoms with Gasteiger partial charge in [0, 0.05) is 18.3 Å². The Balaban J connectivity index is 2.04. The normalized spacial score (nSPS) is 11.2. The first-order chi connectivity index (χ1) is 10.5.